The zero-order chi connectivity index (χ0) is 22.5. The number of amides is 2. The van der Waals surface area contributed by atoms with Gasteiger partial charge in [0.25, 0.3) is 0 Å². The first-order valence-electron chi connectivity index (χ1n) is 9.80. The molecule has 2 N–H and O–H groups in total. The van der Waals surface area contributed by atoms with E-state index in [1.807, 2.05) is 32.0 Å². The zero-order valence-corrected chi connectivity index (χ0v) is 18.6. The van der Waals surface area contributed by atoms with Crippen LogP contribution in [0.15, 0.2) is 53.7 Å². The second kappa shape index (κ2) is 9.75. The molecular formula is C23H25ClN2O5. The molecule has 1 atom stereocenters. The van der Waals surface area contributed by atoms with Crippen LogP contribution in [0.4, 0.5) is 4.79 Å². The van der Waals surface area contributed by atoms with Crippen molar-refractivity contribution in [1.29, 1.82) is 0 Å². The average molecular weight is 445 g/mol. The summed E-state index contributed by atoms with van der Waals surface area (Å²) in [7, 11) is 2.83. The van der Waals surface area contributed by atoms with E-state index in [0.29, 0.717) is 33.4 Å². The fraction of sp³-hybridized carbons (Fsp3) is 0.304. The molecule has 0 saturated heterocycles. The van der Waals surface area contributed by atoms with Crippen LogP contribution >= 0.6 is 11.6 Å². The van der Waals surface area contributed by atoms with E-state index in [1.54, 1.807) is 24.3 Å². The number of benzene rings is 2. The predicted octanol–water partition coefficient (Wildman–Crippen LogP) is 4.36. The van der Waals surface area contributed by atoms with Crippen molar-refractivity contribution in [2.24, 2.45) is 5.92 Å². The first kappa shape index (κ1) is 22.5. The van der Waals surface area contributed by atoms with Gasteiger partial charge in [-0.15, -0.1) is 0 Å². The Morgan fingerprint density at radius 2 is 1.87 bits per heavy atom. The molecular weight excluding hydrogens is 420 g/mol. The van der Waals surface area contributed by atoms with Gasteiger partial charge in [-0.2, -0.15) is 0 Å². The summed E-state index contributed by atoms with van der Waals surface area (Å²) < 4.78 is 16.6. The molecule has 0 aromatic heterocycles. The lowest BCUT2D eigenvalue weighted by atomic mass is 9.91. The Balaban J connectivity index is 2.10. The van der Waals surface area contributed by atoms with E-state index in [9.17, 15) is 9.59 Å². The van der Waals surface area contributed by atoms with Gasteiger partial charge in [0.15, 0.2) is 11.5 Å². The van der Waals surface area contributed by atoms with Crippen LogP contribution in [0.2, 0.25) is 5.02 Å². The van der Waals surface area contributed by atoms with Crippen LogP contribution in [-0.2, 0) is 16.1 Å². The van der Waals surface area contributed by atoms with Crippen molar-refractivity contribution in [2.45, 2.75) is 26.5 Å². The van der Waals surface area contributed by atoms with E-state index in [-0.39, 0.29) is 12.5 Å². The molecule has 0 spiro atoms. The largest absolute Gasteiger partial charge is 0.493 e. The van der Waals surface area contributed by atoms with Gasteiger partial charge in [0.2, 0.25) is 0 Å². The molecule has 2 aromatic rings. The Labute approximate surface area is 186 Å². The number of allylic oxidation sites excluding steroid dienone is 1. The molecule has 0 aliphatic carbocycles. The maximum Gasteiger partial charge on any atom is 0.337 e. The first-order chi connectivity index (χ1) is 14.9. The predicted molar refractivity (Wildman–Crippen MR) is 117 cm³/mol. The normalized spacial score (nSPS) is 15.9. The Hall–Kier alpha value is -3.19. The van der Waals surface area contributed by atoms with E-state index in [4.69, 9.17) is 25.8 Å². The number of hydrogen-bond acceptors (Lipinski definition) is 5. The van der Waals surface area contributed by atoms with Gasteiger partial charge in [0, 0.05) is 21.8 Å². The van der Waals surface area contributed by atoms with E-state index in [0.717, 1.165) is 5.56 Å². The molecule has 1 heterocycles. The third-order valence-electron chi connectivity index (χ3n) is 4.96. The fourth-order valence-electron chi connectivity index (χ4n) is 3.45. The highest BCUT2D eigenvalue weighted by Gasteiger charge is 2.36. The van der Waals surface area contributed by atoms with Crippen molar-refractivity contribution in [1.82, 2.24) is 10.6 Å². The maximum absolute atomic E-state index is 12.7. The van der Waals surface area contributed by atoms with Crippen LogP contribution in [0.3, 0.4) is 0 Å². The van der Waals surface area contributed by atoms with Crippen LogP contribution in [0.5, 0.6) is 11.5 Å². The molecule has 0 bridgehead atoms. The van der Waals surface area contributed by atoms with E-state index in [2.05, 4.69) is 10.6 Å². The van der Waals surface area contributed by atoms with Crippen LogP contribution in [0, 0.1) is 5.92 Å². The molecule has 1 unspecified atom stereocenters. The second-order valence-corrected chi connectivity index (χ2v) is 7.67. The first-order valence-corrected chi connectivity index (χ1v) is 10.2. The van der Waals surface area contributed by atoms with Gasteiger partial charge in [-0.05, 0) is 18.1 Å². The molecule has 7 nitrogen and oxygen atoms in total. The number of ether oxygens (including phenoxy) is 3. The van der Waals surface area contributed by atoms with Crippen molar-refractivity contribution in [3.8, 4) is 11.5 Å². The highest BCUT2D eigenvalue weighted by atomic mass is 35.5. The van der Waals surface area contributed by atoms with Crippen LogP contribution < -0.4 is 20.1 Å². The van der Waals surface area contributed by atoms with Crippen LogP contribution in [-0.4, -0.2) is 26.2 Å². The Kier molecular flexibility index (Phi) is 7.07. The molecule has 1 aliphatic heterocycles. The van der Waals surface area contributed by atoms with E-state index in [1.165, 1.54) is 14.2 Å². The summed E-state index contributed by atoms with van der Waals surface area (Å²) in [5.74, 6) is 0.219. The minimum Gasteiger partial charge on any atom is -0.493 e. The summed E-state index contributed by atoms with van der Waals surface area (Å²) in [5.41, 5.74) is 2.18. The molecule has 8 heteroatoms. The maximum atomic E-state index is 12.7. The number of nitrogens with one attached hydrogen (secondary N) is 2. The minimum atomic E-state index is -0.782. The Morgan fingerprint density at radius 3 is 2.52 bits per heavy atom. The minimum absolute atomic E-state index is 0.110. The molecule has 31 heavy (non-hydrogen) atoms. The van der Waals surface area contributed by atoms with E-state index >= 15 is 0 Å². The van der Waals surface area contributed by atoms with Gasteiger partial charge in [0.1, 0.15) is 6.61 Å². The number of carbonyl (C=O) groups excluding carboxylic acids is 2. The lowest BCUT2D eigenvalue weighted by Gasteiger charge is -2.31. The average Bonchev–Trinajstić information content (AvgIpc) is 2.77. The standard InChI is InChI=1S/C23H25ClN2O5/c1-13(2)19-18(22(27)30-4)20(26-23(28)25-19)15-9-7-11-17(29-3)21(15)31-12-14-8-5-6-10-16(14)24/h5-11,13,20H,12H2,1-4H3,(H2,25,26,28). The number of urea groups is 1. The van der Waals surface area contributed by atoms with E-state index < -0.39 is 18.0 Å². The zero-order valence-electron chi connectivity index (χ0n) is 17.8. The summed E-state index contributed by atoms with van der Waals surface area (Å²) in [6, 6.07) is 11.5. The number of methoxy groups -OCH3 is 2. The molecule has 164 valence electrons. The number of halogens is 1. The molecule has 2 amide bonds. The summed E-state index contributed by atoms with van der Waals surface area (Å²) in [6.07, 6.45) is 0. The summed E-state index contributed by atoms with van der Waals surface area (Å²) in [6.45, 7) is 3.96. The lowest BCUT2D eigenvalue weighted by molar-refractivity contribution is -0.136. The summed E-state index contributed by atoms with van der Waals surface area (Å²) in [5, 5.41) is 6.12. The number of esters is 1. The highest BCUT2D eigenvalue weighted by Crippen LogP contribution is 2.40. The summed E-state index contributed by atoms with van der Waals surface area (Å²) in [4.78, 5) is 25.1. The monoisotopic (exact) mass is 444 g/mol. The van der Waals surface area contributed by atoms with Gasteiger partial charge in [-0.3, -0.25) is 0 Å². The van der Waals surface area contributed by atoms with Crippen molar-refractivity contribution >= 4 is 23.6 Å². The number of rotatable bonds is 7. The van der Waals surface area contributed by atoms with Crippen molar-refractivity contribution in [2.75, 3.05) is 14.2 Å². The van der Waals surface area contributed by atoms with Crippen LogP contribution in [0.25, 0.3) is 0 Å². The van der Waals surface area contributed by atoms with Gasteiger partial charge in [-0.1, -0.05) is 55.8 Å². The Morgan fingerprint density at radius 1 is 1.13 bits per heavy atom. The van der Waals surface area contributed by atoms with Gasteiger partial charge >= 0.3 is 12.0 Å². The Bertz CT molecular complexity index is 1020. The molecule has 0 saturated carbocycles. The quantitative estimate of drug-likeness (QED) is 0.619. The van der Waals surface area contributed by atoms with Crippen LogP contribution in [0.1, 0.15) is 31.0 Å². The SMILES string of the molecule is COC(=O)C1=C(C(C)C)NC(=O)NC1c1cccc(OC)c1OCc1ccccc1Cl. The second-order valence-electron chi connectivity index (χ2n) is 7.26. The smallest absolute Gasteiger partial charge is 0.337 e. The van der Waals surface area contributed by atoms with Crippen molar-refractivity contribution in [3.63, 3.8) is 0 Å². The van der Waals surface area contributed by atoms with Crippen molar-refractivity contribution < 1.29 is 23.8 Å². The van der Waals surface area contributed by atoms with Crippen molar-refractivity contribution in [3.05, 3.63) is 69.9 Å². The number of carbonyl (C=O) groups is 2. The topological polar surface area (TPSA) is 85.9 Å². The fourth-order valence-corrected chi connectivity index (χ4v) is 3.64. The van der Waals surface area contributed by atoms with Gasteiger partial charge in [0.05, 0.1) is 25.8 Å². The number of hydrogen-bond donors (Lipinski definition) is 2. The molecule has 1 aliphatic rings. The summed E-state index contributed by atoms with van der Waals surface area (Å²) >= 11 is 6.26. The number of para-hydroxylation sites is 1. The highest BCUT2D eigenvalue weighted by molar-refractivity contribution is 6.31. The third kappa shape index (κ3) is 4.77. The molecule has 2 aromatic carbocycles. The third-order valence-corrected chi connectivity index (χ3v) is 5.32. The van der Waals surface area contributed by atoms with Gasteiger partial charge in [-0.25, -0.2) is 9.59 Å². The van der Waals surface area contributed by atoms with Gasteiger partial charge < -0.3 is 24.8 Å². The molecule has 0 radical (unpaired) electrons. The molecule has 0 fully saturated rings. The molecule has 3 rings (SSSR count). The lowest BCUT2D eigenvalue weighted by Crippen LogP contribution is -2.47.